The van der Waals surface area contributed by atoms with E-state index in [-0.39, 0.29) is 11.9 Å². The topological polar surface area (TPSA) is 53.3 Å². The van der Waals surface area contributed by atoms with Crippen molar-refractivity contribution in [2.75, 3.05) is 13.2 Å². The molecule has 4 nitrogen and oxygen atoms in total. The van der Waals surface area contributed by atoms with E-state index >= 15 is 0 Å². The van der Waals surface area contributed by atoms with Crippen molar-refractivity contribution in [3.8, 4) is 11.8 Å². The highest BCUT2D eigenvalue weighted by atomic mass is 16.5. The number of carbonyl (C=O) groups excluding carboxylic acids is 1. The zero-order valence-electron chi connectivity index (χ0n) is 19.1. The molecule has 0 N–H and O–H groups in total. The largest absolute Gasteiger partial charge is 0.491 e. The van der Waals surface area contributed by atoms with Crippen molar-refractivity contribution in [1.29, 1.82) is 5.26 Å². The fourth-order valence-electron chi connectivity index (χ4n) is 4.57. The van der Waals surface area contributed by atoms with E-state index in [1.165, 1.54) is 11.1 Å². The Balaban J connectivity index is 1.59. The predicted octanol–water partition coefficient (Wildman–Crippen LogP) is 5.73. The lowest BCUT2D eigenvalue weighted by atomic mass is 9.84. The number of hydrogen-bond donors (Lipinski definition) is 0. The Morgan fingerprint density at radius 2 is 1.81 bits per heavy atom. The van der Waals surface area contributed by atoms with E-state index in [2.05, 4.69) is 56.0 Å². The molecule has 32 heavy (non-hydrogen) atoms. The average Bonchev–Trinajstić information content (AvgIpc) is 3.04. The number of rotatable bonds is 12. The lowest BCUT2D eigenvalue weighted by Gasteiger charge is -2.25. The minimum Gasteiger partial charge on any atom is -0.491 e. The summed E-state index contributed by atoms with van der Waals surface area (Å²) in [7, 11) is 0. The van der Waals surface area contributed by atoms with E-state index < -0.39 is 5.41 Å². The van der Waals surface area contributed by atoms with Gasteiger partial charge in [-0.05, 0) is 61.8 Å². The van der Waals surface area contributed by atoms with Crippen LogP contribution in [-0.2, 0) is 17.6 Å². The maximum atomic E-state index is 13.3. The molecule has 0 spiro atoms. The van der Waals surface area contributed by atoms with Gasteiger partial charge in [0.1, 0.15) is 12.4 Å². The fraction of sp³-hybridized carbons (Fsp3) is 0.429. The summed E-state index contributed by atoms with van der Waals surface area (Å²) in [5, 5.41) is 8.68. The lowest BCUT2D eigenvalue weighted by molar-refractivity contribution is -0.136. The van der Waals surface area contributed by atoms with E-state index in [1.54, 1.807) is 0 Å². The SMILES string of the molecule is C=CC[C@]1(C)C[C@@H](COc2ccc(CCCC#N)cc2)N(CCCc2ccccc2)C1=O. The zero-order valence-corrected chi connectivity index (χ0v) is 19.1. The quantitative estimate of drug-likeness (QED) is 0.319. The number of aryl methyl sites for hydroxylation is 2. The minimum absolute atomic E-state index is 0.0681. The van der Waals surface area contributed by atoms with E-state index in [4.69, 9.17) is 10.00 Å². The molecule has 1 aliphatic heterocycles. The maximum Gasteiger partial charge on any atom is 0.229 e. The fourth-order valence-corrected chi connectivity index (χ4v) is 4.57. The van der Waals surface area contributed by atoms with Crippen molar-refractivity contribution in [2.45, 2.75) is 57.9 Å². The molecule has 0 unspecified atom stereocenters. The van der Waals surface area contributed by atoms with Crippen LogP contribution in [0.1, 0.15) is 50.2 Å². The molecule has 1 amide bonds. The molecular formula is C28H34N2O2. The second-order valence-corrected chi connectivity index (χ2v) is 8.97. The summed E-state index contributed by atoms with van der Waals surface area (Å²) >= 11 is 0. The molecule has 0 aliphatic carbocycles. The Labute approximate surface area is 192 Å². The summed E-state index contributed by atoms with van der Waals surface area (Å²) in [5.41, 5.74) is 2.12. The van der Waals surface area contributed by atoms with Crippen LogP contribution >= 0.6 is 0 Å². The van der Waals surface area contributed by atoms with Crippen molar-refractivity contribution in [3.63, 3.8) is 0 Å². The maximum absolute atomic E-state index is 13.3. The molecule has 168 valence electrons. The van der Waals surface area contributed by atoms with Crippen molar-refractivity contribution < 1.29 is 9.53 Å². The Morgan fingerprint density at radius 1 is 1.12 bits per heavy atom. The standard InChI is InChI=1S/C28H34N2O2/c1-3-18-28(2)21-25(22-32-26-16-14-24(15-17-26)12-7-8-19-29)30(27(28)31)20-9-13-23-10-5-4-6-11-23/h3-6,10-11,14-17,25H,1,7-9,12-13,18,20-22H2,2H3/t25-,28+/m0/s1. The van der Waals surface area contributed by atoms with Crippen LogP contribution in [-0.4, -0.2) is 30.0 Å². The van der Waals surface area contributed by atoms with Gasteiger partial charge in [0.2, 0.25) is 5.91 Å². The van der Waals surface area contributed by atoms with Crippen LogP contribution in [0.5, 0.6) is 5.75 Å². The van der Waals surface area contributed by atoms with Crippen molar-refractivity contribution >= 4 is 5.91 Å². The van der Waals surface area contributed by atoms with Gasteiger partial charge >= 0.3 is 0 Å². The van der Waals surface area contributed by atoms with Gasteiger partial charge in [-0.25, -0.2) is 0 Å². The molecule has 0 radical (unpaired) electrons. The van der Waals surface area contributed by atoms with Crippen LogP contribution in [0.4, 0.5) is 0 Å². The second-order valence-electron chi connectivity index (χ2n) is 8.97. The van der Waals surface area contributed by atoms with Gasteiger partial charge in [0.15, 0.2) is 0 Å². The molecule has 1 aliphatic rings. The number of nitriles is 1. The number of likely N-dealkylation sites (tertiary alicyclic amines) is 1. The molecule has 0 saturated carbocycles. The minimum atomic E-state index is -0.396. The molecule has 1 fully saturated rings. The molecule has 0 bridgehead atoms. The van der Waals surface area contributed by atoms with Crippen LogP contribution in [0.3, 0.4) is 0 Å². The zero-order chi connectivity index (χ0) is 22.8. The van der Waals surface area contributed by atoms with Gasteiger partial charge in [0.25, 0.3) is 0 Å². The van der Waals surface area contributed by atoms with Crippen LogP contribution in [0.2, 0.25) is 0 Å². The molecule has 2 aromatic carbocycles. The first-order chi connectivity index (χ1) is 15.6. The Hall–Kier alpha value is -3.06. The summed E-state index contributed by atoms with van der Waals surface area (Å²) in [5.74, 6) is 1.04. The van der Waals surface area contributed by atoms with Crippen molar-refractivity contribution in [3.05, 3.63) is 78.4 Å². The van der Waals surface area contributed by atoms with Gasteiger partial charge in [-0.3, -0.25) is 4.79 Å². The first-order valence-corrected chi connectivity index (χ1v) is 11.6. The van der Waals surface area contributed by atoms with E-state index in [9.17, 15) is 4.79 Å². The third kappa shape index (κ3) is 6.23. The number of carbonyl (C=O) groups is 1. The molecule has 2 aromatic rings. The smallest absolute Gasteiger partial charge is 0.229 e. The summed E-state index contributed by atoms with van der Waals surface area (Å²) in [6.45, 7) is 7.16. The number of hydrogen-bond acceptors (Lipinski definition) is 3. The van der Waals surface area contributed by atoms with E-state index in [0.29, 0.717) is 19.4 Å². The van der Waals surface area contributed by atoms with Gasteiger partial charge in [-0.1, -0.05) is 55.5 Å². The number of benzene rings is 2. The monoisotopic (exact) mass is 430 g/mol. The highest BCUT2D eigenvalue weighted by molar-refractivity contribution is 5.85. The average molecular weight is 431 g/mol. The lowest BCUT2D eigenvalue weighted by Crippen LogP contribution is -2.39. The van der Waals surface area contributed by atoms with E-state index in [1.807, 2.05) is 29.2 Å². The normalized spacial score (nSPS) is 20.2. The summed E-state index contributed by atoms with van der Waals surface area (Å²) < 4.78 is 6.11. The molecule has 1 saturated heterocycles. The number of unbranched alkanes of at least 4 members (excludes halogenated alkanes) is 1. The summed E-state index contributed by atoms with van der Waals surface area (Å²) in [4.78, 5) is 15.3. The summed E-state index contributed by atoms with van der Waals surface area (Å²) in [6.07, 6.45) is 7.59. The Morgan fingerprint density at radius 3 is 2.50 bits per heavy atom. The van der Waals surface area contributed by atoms with Crippen LogP contribution in [0.15, 0.2) is 67.3 Å². The van der Waals surface area contributed by atoms with E-state index in [0.717, 1.165) is 44.4 Å². The molecule has 3 rings (SSSR count). The van der Waals surface area contributed by atoms with Crippen molar-refractivity contribution in [2.24, 2.45) is 5.41 Å². The van der Waals surface area contributed by atoms with Crippen LogP contribution in [0, 0.1) is 16.7 Å². The van der Waals surface area contributed by atoms with Gasteiger partial charge in [-0.2, -0.15) is 5.26 Å². The highest BCUT2D eigenvalue weighted by Crippen LogP contribution is 2.39. The molecular weight excluding hydrogens is 396 g/mol. The first kappa shape index (κ1) is 23.6. The summed E-state index contributed by atoms with van der Waals surface area (Å²) in [6, 6.07) is 20.8. The molecule has 2 atom stereocenters. The first-order valence-electron chi connectivity index (χ1n) is 11.6. The molecule has 4 heteroatoms. The van der Waals surface area contributed by atoms with Crippen LogP contribution < -0.4 is 4.74 Å². The second kappa shape index (κ2) is 11.5. The van der Waals surface area contributed by atoms with Crippen LogP contribution in [0.25, 0.3) is 0 Å². The highest BCUT2D eigenvalue weighted by Gasteiger charge is 2.47. The number of ether oxygens (including phenoxy) is 1. The van der Waals surface area contributed by atoms with Gasteiger partial charge in [0, 0.05) is 13.0 Å². The Kier molecular flexibility index (Phi) is 8.50. The van der Waals surface area contributed by atoms with Crippen molar-refractivity contribution in [1.82, 2.24) is 4.90 Å². The predicted molar refractivity (Wildman–Crippen MR) is 128 cm³/mol. The third-order valence-electron chi connectivity index (χ3n) is 6.33. The van der Waals surface area contributed by atoms with Gasteiger partial charge < -0.3 is 9.64 Å². The molecule has 1 heterocycles. The Bertz CT molecular complexity index is 917. The number of amides is 1. The van der Waals surface area contributed by atoms with Gasteiger partial charge in [0.05, 0.1) is 17.5 Å². The van der Waals surface area contributed by atoms with Gasteiger partial charge in [-0.15, -0.1) is 6.58 Å². The number of nitrogens with zero attached hydrogens (tertiary/aromatic N) is 2. The molecule has 0 aromatic heterocycles. The third-order valence-corrected chi connectivity index (χ3v) is 6.33. The number of allylic oxidation sites excluding steroid dienone is 1.